The number of carbonyl (C=O) groups is 1. The van der Waals surface area contributed by atoms with Crippen molar-refractivity contribution in [3.8, 4) is 17.2 Å². The van der Waals surface area contributed by atoms with Gasteiger partial charge >= 0.3 is 6.09 Å². The molecule has 6 nitrogen and oxygen atoms in total. The summed E-state index contributed by atoms with van der Waals surface area (Å²) in [5.41, 5.74) is 3.47. The lowest BCUT2D eigenvalue weighted by Crippen LogP contribution is -2.31. The summed E-state index contributed by atoms with van der Waals surface area (Å²) < 4.78 is 17.3. The van der Waals surface area contributed by atoms with Crippen molar-refractivity contribution in [3.05, 3.63) is 71.6 Å². The monoisotopic (exact) mass is 474 g/mol. The van der Waals surface area contributed by atoms with Gasteiger partial charge in [-0.3, -0.25) is 0 Å². The van der Waals surface area contributed by atoms with Crippen molar-refractivity contribution in [2.45, 2.75) is 52.6 Å². The fourth-order valence-electron chi connectivity index (χ4n) is 5.22. The van der Waals surface area contributed by atoms with Gasteiger partial charge in [-0.1, -0.05) is 30.3 Å². The van der Waals surface area contributed by atoms with Gasteiger partial charge in [-0.15, -0.1) is 0 Å². The highest BCUT2D eigenvalue weighted by Crippen LogP contribution is 2.59. The van der Waals surface area contributed by atoms with Gasteiger partial charge in [-0.05, 0) is 81.2 Å². The summed E-state index contributed by atoms with van der Waals surface area (Å²) in [7, 11) is 0. The summed E-state index contributed by atoms with van der Waals surface area (Å²) in [4.78, 5) is 18.8. The lowest BCUT2D eigenvalue weighted by molar-refractivity contribution is 0.0820. The Hall–Kier alpha value is -3.28. The number of likely N-dealkylation sites (tertiary alicyclic amines) is 1. The van der Waals surface area contributed by atoms with Crippen LogP contribution < -0.4 is 4.74 Å². The van der Waals surface area contributed by atoms with Crippen LogP contribution >= 0.6 is 0 Å². The lowest BCUT2D eigenvalue weighted by atomic mass is 9.98. The number of oxazole rings is 1. The van der Waals surface area contributed by atoms with Crippen molar-refractivity contribution in [1.82, 2.24) is 9.88 Å². The van der Waals surface area contributed by atoms with E-state index in [2.05, 4.69) is 23.2 Å². The van der Waals surface area contributed by atoms with Gasteiger partial charge in [0.1, 0.15) is 11.5 Å². The highest BCUT2D eigenvalue weighted by Gasteiger charge is 2.57. The van der Waals surface area contributed by atoms with Crippen LogP contribution in [0.4, 0.5) is 4.79 Å². The molecule has 0 N–H and O–H groups in total. The molecule has 2 aromatic carbocycles. The molecule has 1 spiro atoms. The van der Waals surface area contributed by atoms with Crippen LogP contribution in [0, 0.1) is 18.3 Å². The van der Waals surface area contributed by atoms with E-state index in [0.717, 1.165) is 48.7 Å². The van der Waals surface area contributed by atoms with Gasteiger partial charge in [-0.2, -0.15) is 0 Å². The van der Waals surface area contributed by atoms with E-state index in [0.29, 0.717) is 24.8 Å². The number of benzene rings is 2. The normalized spacial score (nSPS) is 21.0. The second-order valence-corrected chi connectivity index (χ2v) is 10.2. The van der Waals surface area contributed by atoms with E-state index in [1.165, 1.54) is 12.0 Å². The molecule has 1 saturated heterocycles. The number of aryl methyl sites for hydroxylation is 1. The minimum atomic E-state index is -0.170. The Bertz CT molecular complexity index is 1170. The van der Waals surface area contributed by atoms with E-state index in [9.17, 15) is 4.79 Å². The molecule has 1 amide bonds. The molecule has 2 atom stereocenters. The Morgan fingerprint density at radius 2 is 2.03 bits per heavy atom. The smallest absolute Gasteiger partial charge is 0.410 e. The van der Waals surface area contributed by atoms with E-state index >= 15 is 0 Å². The fraction of sp³-hybridized carbons (Fsp3) is 0.448. The number of hydrogen-bond acceptors (Lipinski definition) is 5. The van der Waals surface area contributed by atoms with E-state index < -0.39 is 0 Å². The zero-order chi connectivity index (χ0) is 24.4. The standard InChI is InChI=1S/C29H34N2O4/c1-20(2)34-28(32)31-14-13-29(19-31)18-24(29)16-22-8-7-11-25(17-22)33-15-12-26-21(3)35-27(30-26)23-9-5-4-6-10-23/h4-11,17,20,24H,12-16,18-19H2,1-3H3/t24-,29+/m1/s1. The molecule has 1 aliphatic heterocycles. The number of nitrogens with zero attached hydrogens (tertiary/aromatic N) is 2. The van der Waals surface area contributed by atoms with Crippen molar-refractivity contribution in [2.24, 2.45) is 11.3 Å². The summed E-state index contributed by atoms with van der Waals surface area (Å²) in [5, 5.41) is 0. The minimum Gasteiger partial charge on any atom is -0.493 e. The molecule has 1 saturated carbocycles. The first-order valence-corrected chi connectivity index (χ1v) is 12.6. The molecule has 0 unspecified atom stereocenters. The lowest BCUT2D eigenvalue weighted by Gasteiger charge is -2.18. The summed E-state index contributed by atoms with van der Waals surface area (Å²) in [6.45, 7) is 7.92. The molecule has 1 aromatic heterocycles. The third-order valence-electron chi connectivity index (χ3n) is 7.24. The molecular weight excluding hydrogens is 440 g/mol. The number of carbonyl (C=O) groups excluding carboxylic acids is 1. The topological polar surface area (TPSA) is 64.8 Å². The first-order chi connectivity index (χ1) is 16.9. The summed E-state index contributed by atoms with van der Waals surface area (Å²) >= 11 is 0. The van der Waals surface area contributed by atoms with Crippen molar-refractivity contribution in [1.29, 1.82) is 0 Å². The zero-order valence-electron chi connectivity index (χ0n) is 20.8. The molecule has 184 valence electrons. The number of aromatic nitrogens is 1. The average molecular weight is 475 g/mol. The largest absolute Gasteiger partial charge is 0.493 e. The Morgan fingerprint density at radius 1 is 1.20 bits per heavy atom. The molecule has 3 aromatic rings. The van der Waals surface area contributed by atoms with Gasteiger partial charge in [0.2, 0.25) is 5.89 Å². The second kappa shape index (κ2) is 9.76. The van der Waals surface area contributed by atoms with Crippen molar-refractivity contribution in [2.75, 3.05) is 19.7 Å². The van der Waals surface area contributed by atoms with Gasteiger partial charge < -0.3 is 18.8 Å². The fourth-order valence-corrected chi connectivity index (χ4v) is 5.22. The van der Waals surface area contributed by atoms with E-state index in [1.54, 1.807) is 0 Å². The van der Waals surface area contributed by atoms with Gasteiger partial charge in [-0.25, -0.2) is 9.78 Å². The van der Waals surface area contributed by atoms with Gasteiger partial charge in [0.05, 0.1) is 18.4 Å². The maximum absolute atomic E-state index is 12.3. The minimum absolute atomic E-state index is 0.0732. The van der Waals surface area contributed by atoms with E-state index in [4.69, 9.17) is 13.9 Å². The Morgan fingerprint density at radius 3 is 2.83 bits per heavy atom. The molecule has 1 aliphatic carbocycles. The van der Waals surface area contributed by atoms with E-state index in [1.807, 2.05) is 62.1 Å². The van der Waals surface area contributed by atoms with E-state index in [-0.39, 0.29) is 17.6 Å². The Labute approximate surface area is 207 Å². The average Bonchev–Trinajstić information content (AvgIpc) is 3.14. The molecule has 35 heavy (non-hydrogen) atoms. The third kappa shape index (κ3) is 5.37. The molecule has 0 bridgehead atoms. The molecular formula is C29H34N2O4. The number of rotatable bonds is 8. The van der Waals surface area contributed by atoms with Crippen molar-refractivity contribution >= 4 is 6.09 Å². The molecule has 6 heteroatoms. The Kier molecular flexibility index (Phi) is 6.54. The SMILES string of the molecule is Cc1oc(-c2ccccc2)nc1CCOc1cccc(C[C@@H]2C[C@]23CCN(C(=O)OC(C)C)C3)c1. The quantitative estimate of drug-likeness (QED) is 0.396. The maximum atomic E-state index is 12.3. The highest BCUT2D eigenvalue weighted by molar-refractivity contribution is 5.68. The molecule has 2 heterocycles. The predicted molar refractivity (Wildman–Crippen MR) is 134 cm³/mol. The van der Waals surface area contributed by atoms with Crippen molar-refractivity contribution in [3.63, 3.8) is 0 Å². The number of hydrogen-bond donors (Lipinski definition) is 0. The maximum Gasteiger partial charge on any atom is 0.410 e. The van der Waals surface area contributed by atoms with Crippen LogP contribution in [0.2, 0.25) is 0 Å². The zero-order valence-corrected chi connectivity index (χ0v) is 20.8. The molecule has 5 rings (SSSR count). The Balaban J connectivity index is 1.12. The third-order valence-corrected chi connectivity index (χ3v) is 7.24. The molecule has 2 fully saturated rings. The summed E-state index contributed by atoms with van der Waals surface area (Å²) in [5.74, 6) is 2.99. The summed E-state index contributed by atoms with van der Waals surface area (Å²) in [6, 6.07) is 18.4. The molecule has 0 radical (unpaired) electrons. The number of ether oxygens (including phenoxy) is 2. The van der Waals surface area contributed by atoms with Crippen LogP contribution in [0.15, 0.2) is 59.0 Å². The molecule has 2 aliphatic rings. The second-order valence-electron chi connectivity index (χ2n) is 10.2. The van der Waals surface area contributed by atoms with Crippen LogP contribution in [0.5, 0.6) is 5.75 Å². The van der Waals surface area contributed by atoms with Crippen molar-refractivity contribution < 1.29 is 18.7 Å². The first-order valence-electron chi connectivity index (χ1n) is 12.6. The van der Waals surface area contributed by atoms with Crippen LogP contribution in [-0.4, -0.2) is 41.8 Å². The van der Waals surface area contributed by atoms with Crippen LogP contribution in [0.25, 0.3) is 11.5 Å². The van der Waals surface area contributed by atoms with Gasteiger partial charge in [0.25, 0.3) is 0 Å². The first kappa shape index (κ1) is 23.5. The summed E-state index contributed by atoms with van der Waals surface area (Å²) in [6.07, 6.45) is 3.72. The number of amides is 1. The van der Waals surface area contributed by atoms with Gasteiger partial charge in [0, 0.05) is 25.1 Å². The van der Waals surface area contributed by atoms with Crippen LogP contribution in [0.1, 0.15) is 43.7 Å². The van der Waals surface area contributed by atoms with Gasteiger partial charge in [0.15, 0.2) is 0 Å². The highest BCUT2D eigenvalue weighted by atomic mass is 16.6. The van der Waals surface area contributed by atoms with Crippen LogP contribution in [0.3, 0.4) is 0 Å². The predicted octanol–water partition coefficient (Wildman–Crippen LogP) is 6.07. The van der Waals surface area contributed by atoms with Crippen LogP contribution in [-0.2, 0) is 17.6 Å².